The van der Waals surface area contributed by atoms with Crippen molar-refractivity contribution < 1.29 is 22.7 Å². The van der Waals surface area contributed by atoms with E-state index in [9.17, 15) is 18.4 Å². The van der Waals surface area contributed by atoms with Crippen molar-refractivity contribution in [2.24, 2.45) is 0 Å². The van der Waals surface area contributed by atoms with E-state index in [1.54, 1.807) is 26.0 Å². The largest absolute Gasteiger partial charge is 0.616 e. The molecule has 0 aliphatic carbocycles. The molecule has 1 aromatic heterocycles. The van der Waals surface area contributed by atoms with E-state index < -0.39 is 15.9 Å². The molecule has 1 heterocycles. The molecule has 1 N–H and O–H groups in total. The maximum Gasteiger partial charge on any atom is 0.379 e. The standard InChI is InChI=1S/C17H21N3O5S/c1-3-19(4-2)26(23,24)15-10-8-14(9-11-15)18-16(21)13-25-17-7-5-6-12-20(17)22/h5-12H,3-4,13H2,1-2H3,(H,18,21). The summed E-state index contributed by atoms with van der Waals surface area (Å²) in [7, 11) is -3.54. The van der Waals surface area contributed by atoms with Crippen molar-refractivity contribution in [1.29, 1.82) is 0 Å². The number of carbonyl (C=O) groups is 1. The maximum absolute atomic E-state index is 12.4. The maximum atomic E-state index is 12.4. The number of pyridine rings is 1. The topological polar surface area (TPSA) is 103 Å². The van der Waals surface area contributed by atoms with Crippen LogP contribution in [0.5, 0.6) is 5.88 Å². The number of nitrogens with one attached hydrogen (secondary N) is 1. The number of amides is 1. The van der Waals surface area contributed by atoms with Gasteiger partial charge < -0.3 is 15.3 Å². The Morgan fingerprint density at radius 2 is 1.81 bits per heavy atom. The van der Waals surface area contributed by atoms with Gasteiger partial charge in [0, 0.05) is 24.8 Å². The van der Waals surface area contributed by atoms with Crippen LogP contribution in [0.4, 0.5) is 5.69 Å². The lowest BCUT2D eigenvalue weighted by molar-refractivity contribution is -0.612. The number of aromatic nitrogens is 1. The first-order valence-corrected chi connectivity index (χ1v) is 9.53. The molecule has 0 spiro atoms. The van der Waals surface area contributed by atoms with Gasteiger partial charge in [-0.1, -0.05) is 13.8 Å². The number of benzene rings is 1. The minimum Gasteiger partial charge on any atom is -0.616 e. The molecule has 0 bridgehead atoms. The molecule has 1 aromatic carbocycles. The van der Waals surface area contributed by atoms with Crippen molar-refractivity contribution in [3.8, 4) is 5.88 Å². The van der Waals surface area contributed by atoms with Crippen molar-refractivity contribution in [2.75, 3.05) is 25.0 Å². The van der Waals surface area contributed by atoms with E-state index in [0.717, 1.165) is 0 Å². The molecular formula is C17H21N3O5S. The molecule has 2 rings (SSSR count). The zero-order chi connectivity index (χ0) is 19.2. The summed E-state index contributed by atoms with van der Waals surface area (Å²) in [6.07, 6.45) is 1.27. The van der Waals surface area contributed by atoms with Crippen LogP contribution in [-0.4, -0.2) is 38.3 Å². The number of rotatable bonds is 8. The average molecular weight is 379 g/mol. The van der Waals surface area contributed by atoms with Crippen LogP contribution in [0.15, 0.2) is 53.6 Å². The lowest BCUT2D eigenvalue weighted by Gasteiger charge is -2.18. The van der Waals surface area contributed by atoms with Crippen molar-refractivity contribution >= 4 is 21.6 Å². The normalized spacial score (nSPS) is 11.3. The number of anilines is 1. The first kappa shape index (κ1) is 19.7. The van der Waals surface area contributed by atoms with Crippen LogP contribution in [0.25, 0.3) is 0 Å². The first-order valence-electron chi connectivity index (χ1n) is 8.09. The van der Waals surface area contributed by atoms with E-state index in [-0.39, 0.29) is 17.4 Å². The Hall–Kier alpha value is -2.65. The van der Waals surface area contributed by atoms with E-state index in [0.29, 0.717) is 23.5 Å². The van der Waals surface area contributed by atoms with Crippen LogP contribution < -0.4 is 14.8 Å². The number of carbonyl (C=O) groups excluding carboxylic acids is 1. The first-order chi connectivity index (χ1) is 12.4. The Morgan fingerprint density at radius 3 is 2.38 bits per heavy atom. The van der Waals surface area contributed by atoms with Crippen molar-refractivity contribution in [2.45, 2.75) is 18.7 Å². The summed E-state index contributed by atoms with van der Waals surface area (Å²) < 4.78 is 31.8. The van der Waals surface area contributed by atoms with Crippen LogP contribution in [0, 0.1) is 5.21 Å². The Bertz CT molecular complexity index is 849. The Labute approximate surface area is 152 Å². The highest BCUT2D eigenvalue weighted by molar-refractivity contribution is 7.89. The second kappa shape index (κ2) is 8.63. The zero-order valence-corrected chi connectivity index (χ0v) is 15.4. The third-order valence-corrected chi connectivity index (χ3v) is 5.69. The molecule has 26 heavy (non-hydrogen) atoms. The Kier molecular flexibility index (Phi) is 6.53. The molecule has 0 unspecified atom stereocenters. The molecule has 2 aromatic rings. The molecule has 0 aliphatic rings. The molecule has 0 fully saturated rings. The smallest absolute Gasteiger partial charge is 0.379 e. The fourth-order valence-electron chi connectivity index (χ4n) is 2.28. The summed E-state index contributed by atoms with van der Waals surface area (Å²) in [5.41, 5.74) is 0.431. The summed E-state index contributed by atoms with van der Waals surface area (Å²) in [6.45, 7) is 3.97. The van der Waals surface area contributed by atoms with Gasteiger partial charge in [0.25, 0.3) is 5.91 Å². The van der Waals surface area contributed by atoms with Crippen molar-refractivity contribution in [1.82, 2.24) is 4.31 Å². The van der Waals surface area contributed by atoms with Gasteiger partial charge in [0.15, 0.2) is 12.8 Å². The SMILES string of the molecule is CCN(CC)S(=O)(=O)c1ccc(NC(=O)COc2cccc[n+]2[O-])cc1. The van der Waals surface area contributed by atoms with Crippen LogP contribution >= 0.6 is 0 Å². The fourth-order valence-corrected chi connectivity index (χ4v) is 3.74. The lowest BCUT2D eigenvalue weighted by atomic mass is 10.3. The van der Waals surface area contributed by atoms with Crippen LogP contribution in [0.3, 0.4) is 0 Å². The summed E-state index contributed by atoms with van der Waals surface area (Å²) in [4.78, 5) is 12.1. The highest BCUT2D eigenvalue weighted by Gasteiger charge is 2.21. The predicted molar refractivity (Wildman–Crippen MR) is 96.1 cm³/mol. The van der Waals surface area contributed by atoms with Gasteiger partial charge in [0.05, 0.1) is 11.0 Å². The number of nitrogens with zero attached hydrogens (tertiary/aromatic N) is 2. The minimum atomic E-state index is -3.54. The van der Waals surface area contributed by atoms with Gasteiger partial charge in [-0.05, 0) is 30.3 Å². The molecule has 1 amide bonds. The predicted octanol–water partition coefficient (Wildman–Crippen LogP) is 1.37. The number of ether oxygens (including phenoxy) is 1. The molecule has 0 aliphatic heterocycles. The van der Waals surface area contributed by atoms with Crippen molar-refractivity contribution in [3.63, 3.8) is 0 Å². The van der Waals surface area contributed by atoms with Crippen LogP contribution in [0.2, 0.25) is 0 Å². The third kappa shape index (κ3) is 4.70. The summed E-state index contributed by atoms with van der Waals surface area (Å²) in [5.74, 6) is -0.448. The summed E-state index contributed by atoms with van der Waals surface area (Å²) >= 11 is 0. The number of sulfonamides is 1. The minimum absolute atomic E-state index is 0.0170. The molecule has 8 nitrogen and oxygen atoms in total. The number of hydrogen-bond donors (Lipinski definition) is 1. The Morgan fingerprint density at radius 1 is 1.15 bits per heavy atom. The molecular weight excluding hydrogens is 358 g/mol. The quantitative estimate of drug-likeness (QED) is 0.551. The number of hydrogen-bond acceptors (Lipinski definition) is 5. The van der Waals surface area contributed by atoms with Gasteiger partial charge in [0.2, 0.25) is 10.0 Å². The van der Waals surface area contributed by atoms with Gasteiger partial charge in [-0.15, -0.1) is 4.73 Å². The van der Waals surface area contributed by atoms with Gasteiger partial charge in [-0.25, -0.2) is 8.42 Å². The van der Waals surface area contributed by atoms with Gasteiger partial charge in [-0.3, -0.25) is 4.79 Å². The third-order valence-electron chi connectivity index (χ3n) is 3.62. The molecule has 9 heteroatoms. The molecule has 0 atom stereocenters. The summed E-state index contributed by atoms with van der Waals surface area (Å²) in [6, 6.07) is 10.5. The van der Waals surface area contributed by atoms with Crippen LogP contribution in [-0.2, 0) is 14.8 Å². The van der Waals surface area contributed by atoms with Crippen LogP contribution in [0.1, 0.15) is 13.8 Å². The zero-order valence-electron chi connectivity index (χ0n) is 14.6. The second-order valence-electron chi connectivity index (χ2n) is 5.32. The second-order valence-corrected chi connectivity index (χ2v) is 7.25. The highest BCUT2D eigenvalue weighted by atomic mass is 32.2. The Balaban J connectivity index is 1.98. The van der Waals surface area contributed by atoms with Gasteiger partial charge in [0.1, 0.15) is 0 Å². The fraction of sp³-hybridized carbons (Fsp3) is 0.294. The monoisotopic (exact) mass is 379 g/mol. The molecule has 0 saturated heterocycles. The summed E-state index contributed by atoms with van der Waals surface area (Å²) in [5, 5.41) is 14.0. The highest BCUT2D eigenvalue weighted by Crippen LogP contribution is 2.18. The van der Waals surface area contributed by atoms with E-state index in [1.165, 1.54) is 40.8 Å². The van der Waals surface area contributed by atoms with E-state index in [1.807, 2.05) is 0 Å². The van der Waals surface area contributed by atoms with Gasteiger partial charge >= 0.3 is 5.88 Å². The van der Waals surface area contributed by atoms with E-state index in [2.05, 4.69) is 5.32 Å². The van der Waals surface area contributed by atoms with Crippen molar-refractivity contribution in [3.05, 3.63) is 53.9 Å². The average Bonchev–Trinajstić information content (AvgIpc) is 2.62. The molecule has 140 valence electrons. The van der Waals surface area contributed by atoms with Gasteiger partial charge in [-0.2, -0.15) is 4.31 Å². The lowest BCUT2D eigenvalue weighted by Crippen LogP contribution is -2.31. The van der Waals surface area contributed by atoms with E-state index in [4.69, 9.17) is 4.74 Å². The molecule has 0 radical (unpaired) electrons. The molecule has 0 saturated carbocycles. The van der Waals surface area contributed by atoms with E-state index >= 15 is 0 Å².